The molecule has 0 aromatic rings. The first-order chi connectivity index (χ1) is 1.41. The maximum absolute atomic E-state index is 8.40. The van der Waals surface area contributed by atoms with E-state index in [0.29, 0.717) is 0 Å². The van der Waals surface area contributed by atoms with Crippen LogP contribution >= 0.6 is 0 Å². The van der Waals surface area contributed by atoms with Gasteiger partial charge in [0.1, 0.15) is 0 Å². The van der Waals surface area contributed by atoms with E-state index in [1.165, 1.54) is 0 Å². The zero-order valence-electron chi connectivity index (χ0n) is 3.42. The summed E-state index contributed by atoms with van der Waals surface area (Å²) in [6.45, 7) is 0. The van der Waals surface area contributed by atoms with Crippen molar-refractivity contribution in [2.24, 2.45) is 0 Å². The third-order valence-corrected chi connectivity index (χ3v) is 0. The first-order valence-electron chi connectivity index (χ1n) is 0.408. The zero-order chi connectivity index (χ0) is 2.71. The molecule has 0 aromatic carbocycles. The predicted octanol–water partition coefficient (Wildman–Crippen LogP) is -1.62. The van der Waals surface area contributed by atoms with Gasteiger partial charge in [0.2, 0.25) is 0 Å². The van der Waals surface area contributed by atoms with E-state index in [-0.39, 0.29) is 73.8 Å². The second-order valence-electron chi connectivity index (χ2n) is 0.0833. The molecular formula is AlO4SiSr+. The fourth-order valence-corrected chi connectivity index (χ4v) is 0. The Labute approximate surface area is 90.6 Å². The summed E-state index contributed by atoms with van der Waals surface area (Å²) < 4.78 is 16.8. The first kappa shape index (κ1) is 37.4. The molecule has 0 aliphatic rings. The molecule has 0 bridgehead atoms. The van der Waals surface area contributed by atoms with Gasteiger partial charge in [-0.2, -0.15) is 0 Å². The molecule has 32 valence electrons. The summed E-state index contributed by atoms with van der Waals surface area (Å²) in [5.41, 5.74) is 0. The molecule has 0 saturated carbocycles. The van der Waals surface area contributed by atoms with Crippen molar-refractivity contribution in [3.63, 3.8) is 0 Å². The largest absolute Gasteiger partial charge is 3.00 e. The molecule has 0 amide bonds. The first-order valence-corrected chi connectivity index (χ1v) is 1.22. The van der Waals surface area contributed by atoms with Crippen LogP contribution in [-0.2, 0) is 19.9 Å². The Morgan fingerprint density at radius 1 is 1.00 bits per heavy atom. The van der Waals surface area contributed by atoms with E-state index < -0.39 is 9.29 Å². The zero-order valence-corrected chi connectivity index (χ0v) is 9.05. The molecule has 0 fully saturated rings. The average molecular weight is 207 g/mol. The van der Waals surface area contributed by atoms with Crippen LogP contribution in [0, 0.1) is 0 Å². The van der Waals surface area contributed by atoms with Gasteiger partial charge in [0.05, 0.1) is 0 Å². The average Bonchev–Trinajstić information content (AvgIpc) is 0.918. The minimum atomic E-state index is -1.42. The van der Waals surface area contributed by atoms with Crippen LogP contribution < -0.4 is 0 Å². The van der Waals surface area contributed by atoms with Gasteiger partial charge in [-0.05, 0) is 0 Å². The molecule has 0 radical (unpaired) electrons. The minimum absolute atomic E-state index is 0. The molecular weight excluding hydrogens is 207 g/mol. The molecule has 7 heavy (non-hydrogen) atoms. The Morgan fingerprint density at radius 2 is 1.00 bits per heavy atom. The molecule has 0 spiro atoms. The summed E-state index contributed by atoms with van der Waals surface area (Å²) in [4.78, 5) is 0. The summed E-state index contributed by atoms with van der Waals surface area (Å²) in [5.74, 6) is 0. The van der Waals surface area contributed by atoms with E-state index in [1.807, 2.05) is 0 Å². The molecule has 0 aromatic heterocycles. The third kappa shape index (κ3) is 83.7. The van der Waals surface area contributed by atoms with E-state index in [0.717, 1.165) is 0 Å². The molecule has 0 N–H and O–H groups in total. The second kappa shape index (κ2) is 46.7. The van der Waals surface area contributed by atoms with Gasteiger partial charge >= 0.3 is 72.1 Å². The van der Waals surface area contributed by atoms with Crippen LogP contribution in [-0.4, -0.2) is 72.1 Å². The Bertz CT molecular complexity index is 32.7. The molecule has 4 nitrogen and oxygen atoms in total. The summed E-state index contributed by atoms with van der Waals surface area (Å²) in [6, 6.07) is 0. The van der Waals surface area contributed by atoms with Gasteiger partial charge in [-0.1, -0.05) is 0 Å². The summed E-state index contributed by atoms with van der Waals surface area (Å²) in [7, 11) is -1.42. The molecule has 0 rings (SSSR count). The van der Waals surface area contributed by atoms with Crippen LogP contribution in [0.5, 0.6) is 0 Å². The molecule has 7 heteroatoms. The van der Waals surface area contributed by atoms with Gasteiger partial charge in [-0.3, -0.25) is 8.92 Å². The van der Waals surface area contributed by atoms with Crippen molar-refractivity contribution in [1.29, 1.82) is 0 Å². The SMILES string of the molecule is O=[Si]=O.[Al+3].[O-2].[O-2].[Sr+2]. The van der Waals surface area contributed by atoms with Crippen molar-refractivity contribution in [2.75, 3.05) is 0 Å². The topological polar surface area (TPSA) is 91.1 Å². The molecule has 0 aliphatic heterocycles. The van der Waals surface area contributed by atoms with Gasteiger partial charge < -0.3 is 11.0 Å². The normalized spacial score (nSPS) is 1.14. The Balaban J connectivity index is -0.00000000333. The summed E-state index contributed by atoms with van der Waals surface area (Å²) in [5, 5.41) is 0. The Kier molecular flexibility index (Phi) is 249. The van der Waals surface area contributed by atoms with Gasteiger partial charge in [0.25, 0.3) is 0 Å². The number of rotatable bonds is 0. The van der Waals surface area contributed by atoms with Gasteiger partial charge in [-0.25, -0.2) is 0 Å². The molecule has 0 heterocycles. The van der Waals surface area contributed by atoms with Crippen molar-refractivity contribution < 1.29 is 19.9 Å². The Morgan fingerprint density at radius 3 is 1.00 bits per heavy atom. The van der Waals surface area contributed by atoms with E-state index in [1.54, 1.807) is 0 Å². The van der Waals surface area contributed by atoms with E-state index in [4.69, 9.17) is 8.92 Å². The van der Waals surface area contributed by atoms with Gasteiger partial charge in [0.15, 0.2) is 0 Å². The second-order valence-corrected chi connectivity index (χ2v) is 0.250. The van der Waals surface area contributed by atoms with Crippen LogP contribution in [0.15, 0.2) is 0 Å². The molecule has 0 atom stereocenters. The quantitative estimate of drug-likeness (QED) is 0.446. The van der Waals surface area contributed by atoms with Crippen LogP contribution in [0.25, 0.3) is 0 Å². The number of hydrogen-bond acceptors (Lipinski definition) is 2. The van der Waals surface area contributed by atoms with Crippen molar-refractivity contribution in [3.05, 3.63) is 0 Å². The van der Waals surface area contributed by atoms with Gasteiger partial charge in [-0.15, -0.1) is 0 Å². The molecule has 0 saturated heterocycles. The smallest absolute Gasteiger partial charge is 2.00 e. The molecule has 0 aliphatic carbocycles. The van der Waals surface area contributed by atoms with E-state index >= 15 is 0 Å². The summed E-state index contributed by atoms with van der Waals surface area (Å²) in [6.07, 6.45) is 0. The fourth-order valence-electron chi connectivity index (χ4n) is 0. The molecule has 0 unspecified atom stereocenters. The van der Waals surface area contributed by atoms with Crippen LogP contribution in [0.3, 0.4) is 0 Å². The monoisotopic (exact) mass is 207 g/mol. The van der Waals surface area contributed by atoms with Crippen LogP contribution in [0.1, 0.15) is 0 Å². The fraction of sp³-hybridized carbons (Fsp3) is 0. The standard InChI is InChI=1S/Al.O2Si.2O.Sr/c;1-3-2;;;/q+3;;2*-2;+2. The van der Waals surface area contributed by atoms with Crippen molar-refractivity contribution in [3.8, 4) is 0 Å². The van der Waals surface area contributed by atoms with Crippen LogP contribution in [0.2, 0.25) is 0 Å². The summed E-state index contributed by atoms with van der Waals surface area (Å²) >= 11 is 0. The van der Waals surface area contributed by atoms with E-state index in [2.05, 4.69) is 0 Å². The van der Waals surface area contributed by atoms with E-state index in [9.17, 15) is 0 Å². The minimum Gasteiger partial charge on any atom is -2.00 e. The predicted molar refractivity (Wildman–Crippen MR) is 20.0 cm³/mol. The maximum Gasteiger partial charge on any atom is 3.00 e. The maximum atomic E-state index is 8.40. The van der Waals surface area contributed by atoms with Crippen LogP contribution in [0.4, 0.5) is 0 Å². The Hall–Kier alpha value is 1.75. The van der Waals surface area contributed by atoms with Crippen molar-refractivity contribution >= 4 is 72.1 Å². The third-order valence-electron chi connectivity index (χ3n) is 0. The number of hydrogen-bond donors (Lipinski definition) is 0. The van der Waals surface area contributed by atoms with Gasteiger partial charge in [0, 0.05) is 0 Å². The van der Waals surface area contributed by atoms with Crippen molar-refractivity contribution in [2.45, 2.75) is 0 Å². The van der Waals surface area contributed by atoms with Crippen molar-refractivity contribution in [1.82, 2.24) is 0 Å².